The number of aryl methyl sites for hydroxylation is 2. The second-order valence-electron chi connectivity index (χ2n) is 6.26. The minimum atomic E-state index is -0.729. The summed E-state index contributed by atoms with van der Waals surface area (Å²) in [5, 5.41) is 2.90. The highest BCUT2D eigenvalue weighted by Crippen LogP contribution is 2.42. The first-order valence-electron chi connectivity index (χ1n) is 7.11. The molecule has 0 bridgehead atoms. The van der Waals surface area contributed by atoms with Gasteiger partial charge in [-0.2, -0.15) is 0 Å². The molecule has 1 aliphatic heterocycles. The summed E-state index contributed by atoms with van der Waals surface area (Å²) in [5.74, 6) is 0.232. The van der Waals surface area contributed by atoms with E-state index in [1.54, 1.807) is 4.90 Å². The molecule has 1 aromatic rings. The fourth-order valence-corrected chi connectivity index (χ4v) is 3.13. The SMILES string of the molecule is Cc1cc(C)cc(N2CC(=O)NC(C)(C3CC3)C2=O)c1. The molecular formula is C16H20N2O2. The minimum absolute atomic E-state index is 0.0181. The number of amides is 2. The maximum atomic E-state index is 12.8. The summed E-state index contributed by atoms with van der Waals surface area (Å²) in [4.78, 5) is 26.4. The number of carbonyl (C=O) groups excluding carboxylic acids is 2. The molecule has 1 unspecified atom stereocenters. The van der Waals surface area contributed by atoms with Gasteiger partial charge in [0, 0.05) is 5.69 Å². The van der Waals surface area contributed by atoms with Crippen LogP contribution in [0.25, 0.3) is 0 Å². The lowest BCUT2D eigenvalue weighted by molar-refractivity contribution is -0.136. The molecule has 20 heavy (non-hydrogen) atoms. The van der Waals surface area contributed by atoms with Crippen molar-refractivity contribution in [2.45, 2.75) is 39.2 Å². The van der Waals surface area contributed by atoms with Gasteiger partial charge in [-0.3, -0.25) is 9.59 Å². The third kappa shape index (κ3) is 2.09. The summed E-state index contributed by atoms with van der Waals surface area (Å²) < 4.78 is 0. The second-order valence-corrected chi connectivity index (χ2v) is 6.26. The summed E-state index contributed by atoms with van der Waals surface area (Å²) >= 11 is 0. The van der Waals surface area contributed by atoms with Crippen LogP contribution in [0.15, 0.2) is 18.2 Å². The first-order chi connectivity index (χ1) is 9.40. The molecule has 0 spiro atoms. The Morgan fingerprint density at radius 2 is 1.75 bits per heavy atom. The van der Waals surface area contributed by atoms with E-state index in [4.69, 9.17) is 0 Å². The number of rotatable bonds is 2. The van der Waals surface area contributed by atoms with Gasteiger partial charge in [0.25, 0.3) is 5.91 Å². The Labute approximate surface area is 119 Å². The lowest BCUT2D eigenvalue weighted by atomic mass is 9.91. The van der Waals surface area contributed by atoms with Crippen LogP contribution in [0, 0.1) is 19.8 Å². The maximum Gasteiger partial charge on any atom is 0.253 e. The molecule has 1 aromatic carbocycles. The van der Waals surface area contributed by atoms with Gasteiger partial charge in [-0.15, -0.1) is 0 Å². The van der Waals surface area contributed by atoms with Crippen LogP contribution < -0.4 is 10.2 Å². The Balaban J connectivity index is 1.99. The van der Waals surface area contributed by atoms with Gasteiger partial charge in [-0.1, -0.05) is 6.07 Å². The van der Waals surface area contributed by atoms with Crippen molar-refractivity contribution in [2.75, 3.05) is 11.4 Å². The van der Waals surface area contributed by atoms with Crippen molar-refractivity contribution < 1.29 is 9.59 Å². The summed E-state index contributed by atoms with van der Waals surface area (Å²) in [6.07, 6.45) is 2.03. The van der Waals surface area contributed by atoms with Crippen LogP contribution in [-0.4, -0.2) is 23.9 Å². The lowest BCUT2D eigenvalue weighted by Gasteiger charge is -2.40. The molecule has 4 nitrogen and oxygen atoms in total. The molecule has 4 heteroatoms. The van der Waals surface area contributed by atoms with Gasteiger partial charge < -0.3 is 10.2 Å². The maximum absolute atomic E-state index is 12.8. The molecule has 2 aliphatic rings. The average Bonchev–Trinajstić information content (AvgIpc) is 3.16. The van der Waals surface area contributed by atoms with E-state index < -0.39 is 5.54 Å². The van der Waals surface area contributed by atoms with E-state index in [1.165, 1.54) is 0 Å². The van der Waals surface area contributed by atoms with Crippen LogP contribution in [0.5, 0.6) is 0 Å². The van der Waals surface area contributed by atoms with E-state index >= 15 is 0 Å². The number of piperazine rings is 1. The third-order valence-electron chi connectivity index (χ3n) is 4.30. The molecule has 0 radical (unpaired) electrons. The molecule has 1 aliphatic carbocycles. The van der Waals surface area contributed by atoms with Gasteiger partial charge in [-0.05, 0) is 62.8 Å². The molecule has 1 saturated heterocycles. The van der Waals surface area contributed by atoms with Crippen molar-refractivity contribution in [3.05, 3.63) is 29.3 Å². The van der Waals surface area contributed by atoms with Gasteiger partial charge in [0.05, 0.1) is 0 Å². The molecule has 2 amide bonds. The van der Waals surface area contributed by atoms with Crippen molar-refractivity contribution in [3.8, 4) is 0 Å². The predicted molar refractivity (Wildman–Crippen MR) is 77.5 cm³/mol. The van der Waals surface area contributed by atoms with Crippen LogP contribution in [0.4, 0.5) is 5.69 Å². The fourth-order valence-electron chi connectivity index (χ4n) is 3.13. The minimum Gasteiger partial charge on any atom is -0.340 e. The summed E-state index contributed by atoms with van der Waals surface area (Å²) in [5.41, 5.74) is 2.31. The zero-order valence-electron chi connectivity index (χ0n) is 12.2. The van der Waals surface area contributed by atoms with Crippen LogP contribution >= 0.6 is 0 Å². The first-order valence-corrected chi connectivity index (χ1v) is 7.11. The van der Waals surface area contributed by atoms with Crippen molar-refractivity contribution in [3.63, 3.8) is 0 Å². The molecule has 1 saturated carbocycles. The molecular weight excluding hydrogens is 252 g/mol. The van der Waals surface area contributed by atoms with Gasteiger partial charge >= 0.3 is 0 Å². The van der Waals surface area contributed by atoms with Crippen LogP contribution in [-0.2, 0) is 9.59 Å². The topological polar surface area (TPSA) is 49.4 Å². The van der Waals surface area contributed by atoms with Crippen LogP contribution in [0.1, 0.15) is 30.9 Å². The van der Waals surface area contributed by atoms with E-state index in [9.17, 15) is 9.59 Å². The normalized spacial score (nSPS) is 26.6. The van der Waals surface area contributed by atoms with Crippen molar-refractivity contribution in [2.24, 2.45) is 5.92 Å². The van der Waals surface area contributed by atoms with Crippen molar-refractivity contribution in [1.82, 2.24) is 5.32 Å². The number of hydrogen-bond donors (Lipinski definition) is 1. The number of nitrogens with zero attached hydrogens (tertiary/aromatic N) is 1. The fraction of sp³-hybridized carbons (Fsp3) is 0.500. The van der Waals surface area contributed by atoms with Gasteiger partial charge in [0.1, 0.15) is 12.1 Å². The van der Waals surface area contributed by atoms with Crippen molar-refractivity contribution >= 4 is 17.5 Å². The average molecular weight is 272 g/mol. The third-order valence-corrected chi connectivity index (χ3v) is 4.30. The van der Waals surface area contributed by atoms with E-state index in [1.807, 2.05) is 32.9 Å². The number of anilines is 1. The van der Waals surface area contributed by atoms with Gasteiger partial charge in [0.2, 0.25) is 5.91 Å². The van der Waals surface area contributed by atoms with E-state index in [0.717, 1.165) is 29.7 Å². The number of hydrogen-bond acceptors (Lipinski definition) is 2. The van der Waals surface area contributed by atoms with E-state index in [-0.39, 0.29) is 24.3 Å². The predicted octanol–water partition coefficient (Wildman–Crippen LogP) is 1.93. The van der Waals surface area contributed by atoms with Crippen molar-refractivity contribution in [1.29, 1.82) is 0 Å². The molecule has 0 aromatic heterocycles. The zero-order chi connectivity index (χ0) is 14.5. The summed E-state index contributed by atoms with van der Waals surface area (Å²) in [6.45, 7) is 5.99. The monoisotopic (exact) mass is 272 g/mol. The molecule has 1 atom stereocenters. The number of benzene rings is 1. The highest BCUT2D eigenvalue weighted by molar-refractivity contribution is 6.09. The van der Waals surface area contributed by atoms with Gasteiger partial charge in [0.15, 0.2) is 0 Å². The number of carbonyl (C=O) groups is 2. The van der Waals surface area contributed by atoms with Crippen LogP contribution in [0.2, 0.25) is 0 Å². The van der Waals surface area contributed by atoms with Crippen LogP contribution in [0.3, 0.4) is 0 Å². The Morgan fingerprint density at radius 1 is 1.15 bits per heavy atom. The molecule has 1 N–H and O–H groups in total. The molecule has 1 heterocycles. The lowest BCUT2D eigenvalue weighted by Crippen LogP contribution is -2.66. The van der Waals surface area contributed by atoms with E-state index in [2.05, 4.69) is 11.4 Å². The Bertz CT molecular complexity index is 572. The van der Waals surface area contributed by atoms with Gasteiger partial charge in [-0.25, -0.2) is 0 Å². The number of nitrogens with one attached hydrogen (secondary N) is 1. The first kappa shape index (κ1) is 13.2. The Hall–Kier alpha value is -1.84. The molecule has 2 fully saturated rings. The quantitative estimate of drug-likeness (QED) is 0.894. The summed E-state index contributed by atoms with van der Waals surface area (Å²) in [7, 11) is 0. The highest BCUT2D eigenvalue weighted by atomic mass is 16.2. The zero-order valence-corrected chi connectivity index (χ0v) is 12.2. The smallest absolute Gasteiger partial charge is 0.253 e. The highest BCUT2D eigenvalue weighted by Gasteiger charge is 2.52. The largest absolute Gasteiger partial charge is 0.340 e. The second kappa shape index (κ2) is 4.33. The summed E-state index contributed by atoms with van der Waals surface area (Å²) in [6, 6.07) is 6.01. The van der Waals surface area contributed by atoms with E-state index in [0.29, 0.717) is 0 Å². The molecule has 106 valence electrons. The Kier molecular flexibility index (Phi) is 2.85. The Morgan fingerprint density at radius 3 is 2.30 bits per heavy atom. The standard InChI is InChI=1S/C16H20N2O2/c1-10-6-11(2)8-13(7-10)18-9-14(19)17-16(3,15(18)20)12-4-5-12/h6-8,12H,4-5,9H2,1-3H3,(H,17,19). The molecule has 3 rings (SSSR count).